The molecule has 7 rings (SSSR count). The Balaban J connectivity index is 1.44. The number of hydrogen-bond acceptors (Lipinski definition) is 5. The third kappa shape index (κ3) is 4.73. The van der Waals surface area contributed by atoms with Crippen molar-refractivity contribution in [3.8, 4) is 0 Å². The number of fused-ring (bicyclic) bond motifs is 3. The van der Waals surface area contributed by atoms with Crippen LogP contribution in [-0.2, 0) is 0 Å². The summed E-state index contributed by atoms with van der Waals surface area (Å²) in [7, 11) is 0. The number of hydrogen-bond donors (Lipinski definition) is 1. The van der Waals surface area contributed by atoms with E-state index in [1.54, 1.807) is 0 Å². The van der Waals surface area contributed by atoms with Crippen LogP contribution in [0.2, 0.25) is 0 Å². The summed E-state index contributed by atoms with van der Waals surface area (Å²) in [6.45, 7) is 0.747. The second-order valence-electron chi connectivity index (χ2n) is 9.61. The Hall–Kier alpha value is -3.93. The molecule has 3 nitrogen and oxygen atoms in total. The van der Waals surface area contributed by atoms with Crippen LogP contribution >= 0.6 is 23.5 Å². The van der Waals surface area contributed by atoms with Crippen molar-refractivity contribution < 1.29 is 0 Å². The van der Waals surface area contributed by atoms with Crippen LogP contribution in [0.25, 0.3) is 0 Å². The maximum Gasteiger partial charge on any atom is 0.120 e. The third-order valence-corrected chi connectivity index (χ3v) is 9.72. The minimum absolute atomic E-state index is 0.0780. The van der Waals surface area contributed by atoms with Crippen LogP contribution < -0.4 is 10.2 Å². The lowest BCUT2D eigenvalue weighted by Crippen LogP contribution is -2.39. The Bertz CT molecular complexity index is 1590. The number of thioether (sulfide) groups is 1. The van der Waals surface area contributed by atoms with Crippen molar-refractivity contribution in [2.75, 3.05) is 16.8 Å². The first-order valence-electron chi connectivity index (χ1n) is 13.2. The molecular formula is C34H27N3S2. The van der Waals surface area contributed by atoms with Crippen molar-refractivity contribution in [3.63, 3.8) is 0 Å². The Labute approximate surface area is 238 Å². The zero-order valence-corrected chi connectivity index (χ0v) is 22.9. The Morgan fingerprint density at radius 1 is 0.615 bits per heavy atom. The van der Waals surface area contributed by atoms with Gasteiger partial charge in [-0.3, -0.25) is 4.90 Å². The maximum absolute atomic E-state index is 5.50. The molecule has 5 aromatic carbocycles. The normalized spacial score (nSPS) is 17.7. The molecule has 0 amide bonds. The smallest absolute Gasteiger partial charge is 0.120 e. The summed E-state index contributed by atoms with van der Waals surface area (Å²) < 4.78 is 0. The molecule has 0 aliphatic carbocycles. The molecule has 2 aliphatic heterocycles. The lowest BCUT2D eigenvalue weighted by atomic mass is 9.95. The molecule has 0 saturated heterocycles. The monoisotopic (exact) mass is 541 g/mol. The van der Waals surface area contributed by atoms with E-state index in [-0.39, 0.29) is 11.2 Å². The summed E-state index contributed by atoms with van der Waals surface area (Å²) >= 11 is 3.75. The molecule has 190 valence electrons. The van der Waals surface area contributed by atoms with Crippen molar-refractivity contribution in [3.05, 3.63) is 139 Å². The predicted molar refractivity (Wildman–Crippen MR) is 166 cm³/mol. The molecule has 1 N–H and O–H groups in total. The van der Waals surface area contributed by atoms with Gasteiger partial charge in [-0.1, -0.05) is 96.7 Å². The van der Waals surface area contributed by atoms with Gasteiger partial charge >= 0.3 is 0 Å². The van der Waals surface area contributed by atoms with Crippen LogP contribution in [0.5, 0.6) is 0 Å². The first-order chi connectivity index (χ1) is 19.3. The molecule has 0 bridgehead atoms. The van der Waals surface area contributed by atoms with Crippen molar-refractivity contribution in [1.82, 2.24) is 0 Å². The Morgan fingerprint density at radius 3 is 1.87 bits per heavy atom. The quantitative estimate of drug-likeness (QED) is 0.245. The minimum atomic E-state index is 0.0780. The van der Waals surface area contributed by atoms with Crippen LogP contribution in [0.4, 0.5) is 22.7 Å². The number of para-hydroxylation sites is 4. The first kappa shape index (κ1) is 24.1. The molecule has 5 heteroatoms. The summed E-state index contributed by atoms with van der Waals surface area (Å²) in [5, 5.41) is 3.93. The topological polar surface area (TPSA) is 27.6 Å². The summed E-state index contributed by atoms with van der Waals surface area (Å²) in [5.74, 6) is 1.14. The van der Waals surface area contributed by atoms with E-state index < -0.39 is 0 Å². The zero-order chi connectivity index (χ0) is 26.0. The lowest BCUT2D eigenvalue weighted by molar-refractivity contribution is 0.698. The molecule has 0 spiro atoms. The van der Waals surface area contributed by atoms with E-state index in [0.717, 1.165) is 23.8 Å². The fourth-order valence-corrected chi connectivity index (χ4v) is 7.70. The molecule has 0 aromatic heterocycles. The predicted octanol–water partition coefficient (Wildman–Crippen LogP) is 9.59. The van der Waals surface area contributed by atoms with Crippen LogP contribution in [0.3, 0.4) is 0 Å². The Kier molecular flexibility index (Phi) is 6.61. The highest BCUT2D eigenvalue weighted by atomic mass is 32.2. The van der Waals surface area contributed by atoms with Gasteiger partial charge in [0.25, 0.3) is 0 Å². The van der Waals surface area contributed by atoms with Gasteiger partial charge in [0.1, 0.15) is 5.84 Å². The van der Waals surface area contributed by atoms with E-state index in [4.69, 9.17) is 4.99 Å². The molecule has 0 saturated carbocycles. The molecule has 0 fully saturated rings. The van der Waals surface area contributed by atoms with Gasteiger partial charge < -0.3 is 5.32 Å². The van der Waals surface area contributed by atoms with Crippen LogP contribution in [0.1, 0.15) is 10.8 Å². The van der Waals surface area contributed by atoms with Gasteiger partial charge in [-0.25, -0.2) is 4.99 Å². The highest BCUT2D eigenvalue weighted by Crippen LogP contribution is 2.53. The molecule has 0 radical (unpaired) electrons. The van der Waals surface area contributed by atoms with Gasteiger partial charge in [-0.2, -0.15) is 0 Å². The molecule has 2 heterocycles. The number of anilines is 3. The fraction of sp³-hybridized carbons (Fsp3) is 0.0882. The van der Waals surface area contributed by atoms with E-state index >= 15 is 0 Å². The van der Waals surface area contributed by atoms with E-state index in [9.17, 15) is 0 Å². The standard InChI is InChI=1S/C34H27N3S2/c1-3-13-24(14-4-1)33-26(23-35-25-15-5-2-6-16-25)34(36-27-17-7-10-20-30(27)39-33)37-28-18-8-11-21-31(28)38-32-22-12-9-19-29(32)37/h1-22,26,33,35H,23H2. The van der Waals surface area contributed by atoms with Crippen molar-refractivity contribution in [2.45, 2.75) is 19.9 Å². The summed E-state index contributed by atoms with van der Waals surface area (Å²) in [5.41, 5.74) is 5.81. The van der Waals surface area contributed by atoms with Gasteiger partial charge in [0.2, 0.25) is 0 Å². The van der Waals surface area contributed by atoms with Crippen molar-refractivity contribution in [1.29, 1.82) is 0 Å². The van der Waals surface area contributed by atoms with E-state index in [2.05, 4.69) is 144 Å². The number of benzene rings is 5. The molecule has 2 unspecified atom stereocenters. The summed E-state index contributed by atoms with van der Waals surface area (Å²) in [4.78, 5) is 11.6. The lowest BCUT2D eigenvalue weighted by Gasteiger charge is -2.38. The molecule has 39 heavy (non-hydrogen) atoms. The zero-order valence-electron chi connectivity index (χ0n) is 21.3. The fourth-order valence-electron chi connectivity index (χ4n) is 5.30. The second kappa shape index (κ2) is 10.7. The van der Waals surface area contributed by atoms with Gasteiger partial charge in [0.05, 0.1) is 23.0 Å². The largest absolute Gasteiger partial charge is 0.384 e. The van der Waals surface area contributed by atoms with E-state index in [0.29, 0.717) is 0 Å². The van der Waals surface area contributed by atoms with Crippen molar-refractivity contribution in [2.24, 2.45) is 10.9 Å². The third-order valence-electron chi connectivity index (χ3n) is 7.14. The number of nitrogens with one attached hydrogen (secondary N) is 1. The van der Waals surface area contributed by atoms with Crippen molar-refractivity contribution >= 4 is 52.1 Å². The van der Waals surface area contributed by atoms with Crippen LogP contribution in [0.15, 0.2) is 153 Å². The maximum atomic E-state index is 5.50. The molecule has 2 aliphatic rings. The van der Waals surface area contributed by atoms with Gasteiger partial charge in [-0.05, 0) is 54.1 Å². The molecule has 2 atom stereocenters. The number of amidine groups is 1. The van der Waals surface area contributed by atoms with Gasteiger partial charge in [-0.15, -0.1) is 11.8 Å². The van der Waals surface area contributed by atoms with Crippen LogP contribution in [0, 0.1) is 5.92 Å². The first-order valence-corrected chi connectivity index (χ1v) is 14.9. The number of aliphatic imine (C=N–C) groups is 1. The second-order valence-corrected chi connectivity index (χ2v) is 11.9. The average Bonchev–Trinajstić information content (AvgIpc) is 3.16. The molecule has 5 aromatic rings. The summed E-state index contributed by atoms with van der Waals surface area (Å²) in [6, 6.07) is 47.4. The number of nitrogens with zero attached hydrogens (tertiary/aromatic N) is 2. The minimum Gasteiger partial charge on any atom is -0.384 e. The van der Waals surface area contributed by atoms with E-state index in [1.165, 1.54) is 31.6 Å². The Morgan fingerprint density at radius 2 is 1.18 bits per heavy atom. The summed E-state index contributed by atoms with van der Waals surface area (Å²) in [6.07, 6.45) is 0. The van der Waals surface area contributed by atoms with Gasteiger partial charge in [0.15, 0.2) is 0 Å². The van der Waals surface area contributed by atoms with E-state index in [1.807, 2.05) is 23.5 Å². The SMILES string of the molecule is c1ccc(NCC2C(N3c4ccccc4Sc4ccccc43)=Nc3ccccc3SC2c2ccccc2)cc1. The molecular weight excluding hydrogens is 515 g/mol. The number of rotatable bonds is 4. The highest BCUT2D eigenvalue weighted by Gasteiger charge is 2.38. The van der Waals surface area contributed by atoms with Gasteiger partial charge in [0, 0.05) is 32.2 Å². The van der Waals surface area contributed by atoms with Crippen LogP contribution in [-0.4, -0.2) is 12.4 Å². The highest BCUT2D eigenvalue weighted by molar-refractivity contribution is 8.00. The average molecular weight is 542 g/mol.